The molecule has 0 bridgehead atoms. The second-order valence-electron chi connectivity index (χ2n) is 3.11. The first-order valence-corrected chi connectivity index (χ1v) is 4.29. The number of hydrogen-bond donors (Lipinski definition) is 0. The van der Waals surface area contributed by atoms with Gasteiger partial charge in [-0.25, -0.2) is 0 Å². The summed E-state index contributed by atoms with van der Waals surface area (Å²) in [5, 5.41) is 0. The number of carbonyl (C=O) groups excluding carboxylic acids is 1. The standard InChI is InChI=1S/C11H14O2/c1-8(9(2)12)10-5-4-6-11(7-10)13-3/h4-8H,1-3H3/t8-/m1/s1. The van der Waals surface area contributed by atoms with Crippen molar-refractivity contribution in [3.8, 4) is 5.75 Å². The van der Waals surface area contributed by atoms with Crippen LogP contribution in [0, 0.1) is 0 Å². The summed E-state index contributed by atoms with van der Waals surface area (Å²) in [7, 11) is 1.62. The largest absolute Gasteiger partial charge is 0.497 e. The maximum Gasteiger partial charge on any atom is 0.136 e. The summed E-state index contributed by atoms with van der Waals surface area (Å²) in [6.45, 7) is 3.50. The Morgan fingerprint density at radius 3 is 2.69 bits per heavy atom. The summed E-state index contributed by atoms with van der Waals surface area (Å²) in [6, 6.07) is 7.60. The van der Waals surface area contributed by atoms with E-state index >= 15 is 0 Å². The summed E-state index contributed by atoms with van der Waals surface area (Å²) in [5.41, 5.74) is 1.01. The molecule has 1 rings (SSSR count). The molecule has 2 heteroatoms. The van der Waals surface area contributed by atoms with Crippen molar-refractivity contribution in [3.63, 3.8) is 0 Å². The van der Waals surface area contributed by atoms with Crippen LogP contribution in [0.1, 0.15) is 25.3 Å². The second-order valence-corrected chi connectivity index (χ2v) is 3.11. The van der Waals surface area contributed by atoms with Gasteiger partial charge >= 0.3 is 0 Å². The minimum atomic E-state index is -0.0462. The lowest BCUT2D eigenvalue weighted by Gasteiger charge is -2.08. The average molecular weight is 178 g/mol. The molecule has 0 aliphatic heterocycles. The third-order valence-corrected chi connectivity index (χ3v) is 2.20. The van der Waals surface area contributed by atoms with Gasteiger partial charge in [-0.05, 0) is 24.6 Å². The molecule has 0 aliphatic rings. The van der Waals surface area contributed by atoms with Crippen LogP contribution in [-0.2, 0) is 4.79 Å². The van der Waals surface area contributed by atoms with Crippen molar-refractivity contribution >= 4 is 5.78 Å². The van der Waals surface area contributed by atoms with E-state index in [0.717, 1.165) is 11.3 Å². The predicted molar refractivity (Wildman–Crippen MR) is 52.1 cm³/mol. The van der Waals surface area contributed by atoms with Crippen LogP contribution >= 0.6 is 0 Å². The van der Waals surface area contributed by atoms with E-state index in [1.54, 1.807) is 14.0 Å². The van der Waals surface area contributed by atoms with E-state index in [-0.39, 0.29) is 11.7 Å². The molecule has 0 aromatic heterocycles. The number of rotatable bonds is 3. The first-order valence-electron chi connectivity index (χ1n) is 4.29. The van der Waals surface area contributed by atoms with Gasteiger partial charge in [0.2, 0.25) is 0 Å². The van der Waals surface area contributed by atoms with Crippen LogP contribution in [0.3, 0.4) is 0 Å². The summed E-state index contributed by atoms with van der Waals surface area (Å²) in [6.07, 6.45) is 0. The fourth-order valence-corrected chi connectivity index (χ4v) is 1.15. The molecule has 70 valence electrons. The Kier molecular flexibility index (Phi) is 3.07. The molecule has 0 aliphatic carbocycles. The zero-order chi connectivity index (χ0) is 9.84. The van der Waals surface area contributed by atoms with Crippen LogP contribution < -0.4 is 4.74 Å². The average Bonchev–Trinajstić information content (AvgIpc) is 2.16. The van der Waals surface area contributed by atoms with Gasteiger partial charge < -0.3 is 4.74 Å². The monoisotopic (exact) mass is 178 g/mol. The molecule has 0 amide bonds. The quantitative estimate of drug-likeness (QED) is 0.710. The van der Waals surface area contributed by atoms with E-state index in [4.69, 9.17) is 4.74 Å². The van der Waals surface area contributed by atoms with E-state index in [2.05, 4.69) is 0 Å². The molecule has 1 aromatic rings. The highest BCUT2D eigenvalue weighted by molar-refractivity contribution is 5.82. The fourth-order valence-electron chi connectivity index (χ4n) is 1.15. The van der Waals surface area contributed by atoms with E-state index in [9.17, 15) is 4.79 Å². The first kappa shape index (κ1) is 9.78. The highest BCUT2D eigenvalue weighted by Crippen LogP contribution is 2.20. The van der Waals surface area contributed by atoms with E-state index in [1.165, 1.54) is 0 Å². The third-order valence-electron chi connectivity index (χ3n) is 2.20. The molecule has 13 heavy (non-hydrogen) atoms. The van der Waals surface area contributed by atoms with Gasteiger partial charge in [-0.3, -0.25) is 4.79 Å². The van der Waals surface area contributed by atoms with Gasteiger partial charge in [0.05, 0.1) is 7.11 Å². The highest BCUT2D eigenvalue weighted by Gasteiger charge is 2.10. The van der Waals surface area contributed by atoms with Gasteiger partial charge in [0.1, 0.15) is 11.5 Å². The molecule has 1 aromatic carbocycles. The summed E-state index contributed by atoms with van der Waals surface area (Å²) in [4.78, 5) is 11.1. The SMILES string of the molecule is COc1cccc([C@H](C)C(C)=O)c1. The Morgan fingerprint density at radius 1 is 1.46 bits per heavy atom. The maximum atomic E-state index is 11.1. The minimum Gasteiger partial charge on any atom is -0.497 e. The summed E-state index contributed by atoms with van der Waals surface area (Å²) < 4.78 is 5.07. The fraction of sp³-hybridized carbons (Fsp3) is 0.364. The van der Waals surface area contributed by atoms with Gasteiger partial charge in [0.25, 0.3) is 0 Å². The number of hydrogen-bond acceptors (Lipinski definition) is 2. The summed E-state index contributed by atoms with van der Waals surface area (Å²) in [5.74, 6) is 0.925. The van der Waals surface area contributed by atoms with Crippen molar-refractivity contribution in [2.24, 2.45) is 0 Å². The number of methoxy groups -OCH3 is 1. The van der Waals surface area contributed by atoms with Crippen molar-refractivity contribution in [1.29, 1.82) is 0 Å². The second kappa shape index (κ2) is 4.08. The first-order chi connectivity index (χ1) is 6.15. The number of ketones is 1. The van der Waals surface area contributed by atoms with E-state index < -0.39 is 0 Å². The number of carbonyl (C=O) groups is 1. The number of benzene rings is 1. The Balaban J connectivity index is 2.94. The molecule has 0 saturated heterocycles. The number of Topliss-reactive ketones (excluding diaryl/α,β-unsaturated/α-hetero) is 1. The zero-order valence-electron chi connectivity index (χ0n) is 8.20. The van der Waals surface area contributed by atoms with Gasteiger partial charge in [-0.1, -0.05) is 19.1 Å². The van der Waals surface area contributed by atoms with Gasteiger partial charge in [-0.2, -0.15) is 0 Å². The van der Waals surface area contributed by atoms with Crippen LogP contribution in [0.2, 0.25) is 0 Å². The molecule has 0 radical (unpaired) electrons. The predicted octanol–water partition coefficient (Wildman–Crippen LogP) is 2.39. The van der Waals surface area contributed by atoms with Gasteiger partial charge in [-0.15, -0.1) is 0 Å². The normalized spacial score (nSPS) is 12.2. The van der Waals surface area contributed by atoms with Crippen LogP contribution in [-0.4, -0.2) is 12.9 Å². The lowest BCUT2D eigenvalue weighted by Crippen LogP contribution is -2.03. The Morgan fingerprint density at radius 2 is 2.15 bits per heavy atom. The van der Waals surface area contributed by atoms with Crippen LogP contribution in [0.5, 0.6) is 5.75 Å². The Hall–Kier alpha value is -1.31. The molecule has 0 fully saturated rings. The van der Waals surface area contributed by atoms with E-state index in [1.807, 2.05) is 31.2 Å². The molecule has 0 heterocycles. The molecule has 0 spiro atoms. The van der Waals surface area contributed by atoms with Crippen LogP contribution in [0.25, 0.3) is 0 Å². The van der Waals surface area contributed by atoms with E-state index in [0.29, 0.717) is 0 Å². The minimum absolute atomic E-state index is 0.0462. The van der Waals surface area contributed by atoms with Crippen molar-refractivity contribution in [2.45, 2.75) is 19.8 Å². The topological polar surface area (TPSA) is 26.3 Å². The Labute approximate surface area is 78.5 Å². The number of ether oxygens (including phenoxy) is 1. The maximum absolute atomic E-state index is 11.1. The molecule has 2 nitrogen and oxygen atoms in total. The Bertz CT molecular complexity index is 305. The lowest BCUT2D eigenvalue weighted by molar-refractivity contribution is -0.118. The van der Waals surface area contributed by atoms with Crippen molar-refractivity contribution in [2.75, 3.05) is 7.11 Å². The van der Waals surface area contributed by atoms with Crippen molar-refractivity contribution in [3.05, 3.63) is 29.8 Å². The van der Waals surface area contributed by atoms with Crippen molar-refractivity contribution < 1.29 is 9.53 Å². The smallest absolute Gasteiger partial charge is 0.136 e. The lowest BCUT2D eigenvalue weighted by atomic mass is 9.98. The molecular formula is C11H14O2. The van der Waals surface area contributed by atoms with Gasteiger partial charge in [0.15, 0.2) is 0 Å². The third kappa shape index (κ3) is 2.31. The van der Waals surface area contributed by atoms with Crippen LogP contribution in [0.4, 0.5) is 0 Å². The molecule has 0 N–H and O–H groups in total. The van der Waals surface area contributed by atoms with Gasteiger partial charge in [0, 0.05) is 5.92 Å². The molecule has 0 saturated carbocycles. The summed E-state index contributed by atoms with van der Waals surface area (Å²) >= 11 is 0. The molecular weight excluding hydrogens is 164 g/mol. The molecule has 1 atom stereocenters. The highest BCUT2D eigenvalue weighted by atomic mass is 16.5. The van der Waals surface area contributed by atoms with Crippen LogP contribution in [0.15, 0.2) is 24.3 Å². The molecule has 0 unspecified atom stereocenters. The van der Waals surface area contributed by atoms with Crippen molar-refractivity contribution in [1.82, 2.24) is 0 Å². The zero-order valence-corrected chi connectivity index (χ0v) is 8.20.